The molecule has 0 saturated heterocycles. The molecule has 3 aromatic carbocycles. The van der Waals surface area contributed by atoms with Gasteiger partial charge in [0.05, 0.1) is 6.61 Å². The molecule has 0 unspecified atom stereocenters. The van der Waals surface area contributed by atoms with Gasteiger partial charge >= 0.3 is 6.11 Å². The fourth-order valence-electron chi connectivity index (χ4n) is 3.27. The van der Waals surface area contributed by atoms with Crippen LogP contribution in [0.1, 0.15) is 37.0 Å². The van der Waals surface area contributed by atoms with Gasteiger partial charge in [-0.1, -0.05) is 37.6 Å². The van der Waals surface area contributed by atoms with Crippen LogP contribution in [-0.2, 0) is 6.42 Å². The fourth-order valence-corrected chi connectivity index (χ4v) is 3.27. The van der Waals surface area contributed by atoms with E-state index in [2.05, 4.69) is 4.74 Å². The molecule has 0 atom stereocenters. The third-order valence-electron chi connectivity index (χ3n) is 5.02. The van der Waals surface area contributed by atoms with Crippen molar-refractivity contribution in [1.82, 2.24) is 0 Å². The topological polar surface area (TPSA) is 27.7 Å². The van der Waals surface area contributed by atoms with Crippen LogP contribution in [0.5, 0.6) is 17.2 Å². The molecule has 36 heavy (non-hydrogen) atoms. The van der Waals surface area contributed by atoms with Gasteiger partial charge in [0.15, 0.2) is 29.8 Å². The van der Waals surface area contributed by atoms with Gasteiger partial charge in [-0.2, -0.15) is 17.6 Å². The number of hydrogen-bond donors (Lipinski definition) is 0. The third kappa shape index (κ3) is 6.74. The zero-order valence-corrected chi connectivity index (χ0v) is 19.6. The smallest absolute Gasteiger partial charge is 0.433 e. The molecule has 192 valence electrons. The van der Waals surface area contributed by atoms with Gasteiger partial charge in [-0.3, -0.25) is 0 Å². The van der Waals surface area contributed by atoms with Crippen molar-refractivity contribution in [3.05, 3.63) is 89.0 Å². The second kappa shape index (κ2) is 11.9. The Morgan fingerprint density at radius 3 is 1.81 bits per heavy atom. The lowest BCUT2D eigenvalue weighted by molar-refractivity contribution is -0.196. The van der Waals surface area contributed by atoms with Gasteiger partial charge in [0.1, 0.15) is 5.75 Å². The van der Waals surface area contributed by atoms with Gasteiger partial charge < -0.3 is 14.2 Å². The fraction of sp³-hybridized carbons (Fsp3) is 0.259. The number of benzene rings is 3. The van der Waals surface area contributed by atoms with Crippen LogP contribution in [0.3, 0.4) is 0 Å². The van der Waals surface area contributed by atoms with Crippen LogP contribution in [0.25, 0.3) is 11.7 Å². The lowest BCUT2D eigenvalue weighted by atomic mass is 10.1. The number of rotatable bonds is 11. The van der Waals surface area contributed by atoms with Crippen molar-refractivity contribution in [3.63, 3.8) is 0 Å². The molecule has 3 rings (SSSR count). The van der Waals surface area contributed by atoms with E-state index in [4.69, 9.17) is 9.47 Å². The highest BCUT2D eigenvalue weighted by atomic mass is 19.3. The van der Waals surface area contributed by atoms with Crippen molar-refractivity contribution in [2.24, 2.45) is 0 Å². The molecule has 0 amide bonds. The van der Waals surface area contributed by atoms with Gasteiger partial charge in [0.25, 0.3) is 0 Å². The summed E-state index contributed by atoms with van der Waals surface area (Å²) in [6.07, 6.45) is -2.28. The van der Waals surface area contributed by atoms with Gasteiger partial charge in [-0.05, 0) is 55.3 Å². The molecule has 0 bridgehead atoms. The molecule has 3 nitrogen and oxygen atoms in total. The van der Waals surface area contributed by atoms with Gasteiger partial charge in [-0.15, -0.1) is 0 Å². The van der Waals surface area contributed by atoms with E-state index in [0.717, 1.165) is 42.7 Å². The summed E-state index contributed by atoms with van der Waals surface area (Å²) in [6.45, 7) is 2.26. The number of alkyl halides is 2. The zero-order valence-electron chi connectivity index (χ0n) is 19.6. The summed E-state index contributed by atoms with van der Waals surface area (Å²) in [5.41, 5.74) is 0.960. The summed E-state index contributed by atoms with van der Waals surface area (Å²) in [7, 11) is 0. The van der Waals surface area contributed by atoms with Crippen molar-refractivity contribution < 1.29 is 40.6 Å². The monoisotopic (exact) mass is 510 g/mol. The molecular weight excluding hydrogens is 486 g/mol. The van der Waals surface area contributed by atoms with E-state index in [1.807, 2.05) is 6.92 Å². The largest absolute Gasteiger partial charge is 0.491 e. The molecule has 0 aliphatic rings. The minimum atomic E-state index is -4.03. The van der Waals surface area contributed by atoms with E-state index < -0.39 is 47.5 Å². The van der Waals surface area contributed by atoms with Crippen LogP contribution in [0.4, 0.5) is 26.3 Å². The second-order valence-electron chi connectivity index (χ2n) is 7.75. The Labute approximate surface area is 204 Å². The van der Waals surface area contributed by atoms with E-state index in [0.29, 0.717) is 0 Å². The quantitative estimate of drug-likeness (QED) is 0.193. The van der Waals surface area contributed by atoms with Crippen LogP contribution in [0, 0.1) is 11.6 Å². The van der Waals surface area contributed by atoms with Crippen molar-refractivity contribution >= 4 is 11.7 Å². The number of halogens is 6. The molecule has 0 spiro atoms. The first-order chi connectivity index (χ1) is 17.1. The van der Waals surface area contributed by atoms with Crippen LogP contribution in [0.2, 0.25) is 0 Å². The minimum Gasteiger partial charge on any atom is -0.491 e. The first-order valence-corrected chi connectivity index (χ1v) is 11.2. The maximum atomic E-state index is 14.6. The van der Waals surface area contributed by atoms with Gasteiger partial charge in [0, 0.05) is 11.1 Å². The van der Waals surface area contributed by atoms with E-state index in [1.165, 1.54) is 24.3 Å². The van der Waals surface area contributed by atoms with E-state index >= 15 is 0 Å². The highest BCUT2D eigenvalue weighted by molar-refractivity contribution is 5.83. The van der Waals surface area contributed by atoms with Crippen molar-refractivity contribution in [2.45, 2.75) is 32.8 Å². The molecule has 9 heteroatoms. The van der Waals surface area contributed by atoms with Crippen molar-refractivity contribution in [1.29, 1.82) is 0 Å². The van der Waals surface area contributed by atoms with E-state index in [9.17, 15) is 26.3 Å². The maximum Gasteiger partial charge on any atom is 0.433 e. The average molecular weight is 510 g/mol. The van der Waals surface area contributed by atoms with Crippen LogP contribution < -0.4 is 14.2 Å². The Balaban J connectivity index is 1.65. The average Bonchev–Trinajstić information content (AvgIpc) is 2.87. The van der Waals surface area contributed by atoms with Gasteiger partial charge in [-0.25, -0.2) is 8.78 Å². The highest BCUT2D eigenvalue weighted by Crippen LogP contribution is 2.32. The van der Waals surface area contributed by atoms with E-state index in [1.54, 1.807) is 19.1 Å². The molecule has 3 aromatic rings. The normalized spacial score (nSPS) is 12.2. The second-order valence-corrected chi connectivity index (χ2v) is 7.75. The summed E-state index contributed by atoms with van der Waals surface area (Å²) < 4.78 is 99.4. The minimum absolute atomic E-state index is 0.0534. The molecule has 0 fully saturated rings. The van der Waals surface area contributed by atoms with Crippen LogP contribution >= 0.6 is 0 Å². The molecule has 0 saturated carbocycles. The summed E-state index contributed by atoms with van der Waals surface area (Å²) in [6, 6.07) is 12.8. The summed E-state index contributed by atoms with van der Waals surface area (Å²) in [4.78, 5) is 0. The van der Waals surface area contributed by atoms with Crippen LogP contribution in [0.15, 0.2) is 60.7 Å². The van der Waals surface area contributed by atoms with E-state index in [-0.39, 0.29) is 23.5 Å². The maximum absolute atomic E-state index is 14.6. The Hall–Kier alpha value is -3.62. The molecule has 0 aliphatic carbocycles. The molecule has 0 N–H and O–H groups in total. The van der Waals surface area contributed by atoms with Crippen molar-refractivity contribution in [2.75, 3.05) is 13.2 Å². The van der Waals surface area contributed by atoms with Crippen LogP contribution in [-0.4, -0.2) is 19.3 Å². The number of ether oxygens (including phenoxy) is 3. The van der Waals surface area contributed by atoms with Gasteiger partial charge in [0.2, 0.25) is 11.6 Å². The lowest BCUT2D eigenvalue weighted by Gasteiger charge is -2.19. The van der Waals surface area contributed by atoms with Crippen molar-refractivity contribution in [3.8, 4) is 17.2 Å². The molecule has 0 radical (unpaired) electrons. The Kier molecular flexibility index (Phi) is 8.90. The summed E-state index contributed by atoms with van der Waals surface area (Å²) in [5, 5.41) is 0. The molecule has 0 aliphatic heterocycles. The first kappa shape index (κ1) is 27.0. The Morgan fingerprint density at radius 2 is 1.25 bits per heavy atom. The Morgan fingerprint density at radius 1 is 0.722 bits per heavy atom. The third-order valence-corrected chi connectivity index (χ3v) is 5.02. The first-order valence-electron chi connectivity index (χ1n) is 11.2. The summed E-state index contributed by atoms with van der Waals surface area (Å²) >= 11 is 0. The zero-order chi connectivity index (χ0) is 26.3. The number of hydrogen-bond acceptors (Lipinski definition) is 3. The number of aryl methyl sites for hydroxylation is 1. The molecule has 0 heterocycles. The SMILES string of the molecule is CCCc1ccc(C(F)=C(F)c2ccc(OCC(F)(F)Oc3ccc(OCC)c(F)c3F)cc2)cc1. The standard InChI is InChI=1S/C27H24F6O3/c1-3-5-17-6-8-18(9-7-17)23(28)24(29)19-10-12-20(13-11-19)35-16-27(32,33)36-22-15-14-21(34-4-2)25(30)26(22)31/h6-15H,3-5,16H2,1-2H3. The highest BCUT2D eigenvalue weighted by Gasteiger charge is 2.35. The molecule has 0 aromatic heterocycles. The molecular formula is C27H24F6O3. The Bertz CT molecular complexity index is 1190. The summed E-state index contributed by atoms with van der Waals surface area (Å²) in [5.74, 6) is -6.83. The predicted molar refractivity (Wildman–Crippen MR) is 125 cm³/mol. The lowest BCUT2D eigenvalue weighted by Crippen LogP contribution is -2.33. The predicted octanol–water partition coefficient (Wildman–Crippen LogP) is 8.13.